The Morgan fingerprint density at radius 3 is 2.56 bits per heavy atom. The number of aromatic nitrogens is 1. The molecule has 0 saturated carbocycles. The monoisotopic (exact) mass is 335 g/mol. The van der Waals surface area contributed by atoms with E-state index in [1.165, 1.54) is 11.6 Å². The largest absolute Gasteiger partial charge is 0.507 e. The molecule has 2 aromatic carbocycles. The van der Waals surface area contributed by atoms with Crippen LogP contribution in [0.15, 0.2) is 58.9 Å². The van der Waals surface area contributed by atoms with Crippen LogP contribution in [0.3, 0.4) is 0 Å². The summed E-state index contributed by atoms with van der Waals surface area (Å²) in [5, 5.41) is 11.3. The van der Waals surface area contributed by atoms with Crippen LogP contribution in [0.25, 0.3) is 22.0 Å². The van der Waals surface area contributed by atoms with Gasteiger partial charge in [-0.15, -0.1) is 0 Å². The molecule has 0 radical (unpaired) electrons. The summed E-state index contributed by atoms with van der Waals surface area (Å²) in [5.74, 6) is 0.501. The number of allylic oxidation sites excluding steroid dienone is 2. The number of aromatic amines is 1. The van der Waals surface area contributed by atoms with E-state index in [2.05, 4.69) is 11.1 Å². The molecule has 0 amide bonds. The van der Waals surface area contributed by atoms with E-state index >= 15 is 0 Å². The average molecular weight is 335 g/mol. The Morgan fingerprint density at radius 1 is 1.20 bits per heavy atom. The van der Waals surface area contributed by atoms with Crippen molar-refractivity contribution in [2.24, 2.45) is 0 Å². The predicted octanol–water partition coefficient (Wildman–Crippen LogP) is 4.42. The highest BCUT2D eigenvalue weighted by Gasteiger charge is 2.16. The van der Waals surface area contributed by atoms with Gasteiger partial charge < -0.3 is 14.8 Å². The molecule has 0 spiro atoms. The fourth-order valence-electron chi connectivity index (χ4n) is 2.94. The van der Waals surface area contributed by atoms with Crippen molar-refractivity contribution in [3.05, 3.63) is 70.0 Å². The number of phenols is 1. The van der Waals surface area contributed by atoms with Crippen molar-refractivity contribution in [2.45, 2.75) is 20.3 Å². The molecule has 0 saturated heterocycles. The van der Waals surface area contributed by atoms with Crippen molar-refractivity contribution < 1.29 is 9.84 Å². The summed E-state index contributed by atoms with van der Waals surface area (Å²) >= 11 is 0. The Bertz CT molecular complexity index is 997. The molecule has 3 aromatic rings. The van der Waals surface area contributed by atoms with Crippen molar-refractivity contribution in [1.29, 1.82) is 0 Å². The predicted molar refractivity (Wildman–Crippen MR) is 101 cm³/mol. The number of phenolic OH excluding ortho intramolecular Hbond substituents is 1. The van der Waals surface area contributed by atoms with E-state index in [0.29, 0.717) is 23.3 Å². The van der Waals surface area contributed by atoms with Gasteiger partial charge in [0.2, 0.25) is 0 Å². The molecule has 0 aliphatic heterocycles. The molecule has 0 fully saturated rings. The third-order valence-corrected chi connectivity index (χ3v) is 4.20. The zero-order valence-corrected chi connectivity index (χ0v) is 14.6. The molecular formula is C21H21NO3. The molecule has 0 unspecified atom stereocenters. The Kier molecular flexibility index (Phi) is 4.61. The van der Waals surface area contributed by atoms with Gasteiger partial charge in [-0.1, -0.05) is 42.0 Å². The number of methoxy groups -OCH3 is 1. The molecule has 4 heteroatoms. The van der Waals surface area contributed by atoms with Crippen LogP contribution in [-0.2, 0) is 6.42 Å². The van der Waals surface area contributed by atoms with Gasteiger partial charge in [-0.2, -0.15) is 0 Å². The number of H-pyrrole nitrogens is 1. The molecule has 2 N–H and O–H groups in total. The van der Waals surface area contributed by atoms with Crippen LogP contribution in [-0.4, -0.2) is 17.2 Å². The maximum Gasteiger partial charge on any atom is 0.260 e. The van der Waals surface area contributed by atoms with Crippen LogP contribution in [0.1, 0.15) is 19.4 Å². The van der Waals surface area contributed by atoms with Gasteiger partial charge in [0, 0.05) is 22.7 Å². The lowest BCUT2D eigenvalue weighted by Gasteiger charge is -2.13. The molecule has 0 aliphatic rings. The molecule has 128 valence electrons. The van der Waals surface area contributed by atoms with Crippen molar-refractivity contribution in [2.75, 3.05) is 7.11 Å². The van der Waals surface area contributed by atoms with Crippen LogP contribution >= 0.6 is 0 Å². The maximum absolute atomic E-state index is 12.6. The first-order valence-corrected chi connectivity index (χ1v) is 8.16. The first-order chi connectivity index (χ1) is 12.0. The van der Waals surface area contributed by atoms with Crippen molar-refractivity contribution in [3.63, 3.8) is 0 Å². The summed E-state index contributed by atoms with van der Waals surface area (Å²) < 4.78 is 5.45. The van der Waals surface area contributed by atoms with Crippen molar-refractivity contribution in [3.8, 4) is 22.8 Å². The second-order valence-electron chi connectivity index (χ2n) is 6.23. The summed E-state index contributed by atoms with van der Waals surface area (Å²) in [6, 6.07) is 13.1. The summed E-state index contributed by atoms with van der Waals surface area (Å²) in [4.78, 5) is 15.5. The summed E-state index contributed by atoms with van der Waals surface area (Å²) in [6.45, 7) is 4.05. The van der Waals surface area contributed by atoms with Crippen LogP contribution in [0, 0.1) is 0 Å². The molecule has 0 aliphatic carbocycles. The molecule has 0 atom stereocenters. The number of nitrogens with one attached hydrogen (secondary N) is 1. The second-order valence-corrected chi connectivity index (χ2v) is 6.23. The molecular weight excluding hydrogens is 314 g/mol. The molecule has 3 rings (SSSR count). The Morgan fingerprint density at radius 2 is 1.92 bits per heavy atom. The Balaban J connectivity index is 2.34. The van der Waals surface area contributed by atoms with Crippen molar-refractivity contribution in [1.82, 2.24) is 4.98 Å². The van der Waals surface area contributed by atoms with E-state index in [0.717, 1.165) is 11.1 Å². The van der Waals surface area contributed by atoms with Gasteiger partial charge in [0.25, 0.3) is 5.56 Å². The minimum absolute atomic E-state index is 0.0753. The normalized spacial score (nSPS) is 10.7. The maximum atomic E-state index is 12.6. The fraction of sp³-hybridized carbons (Fsp3) is 0.190. The van der Waals surface area contributed by atoms with Crippen LogP contribution in [0.4, 0.5) is 0 Å². The first kappa shape index (κ1) is 16.8. The van der Waals surface area contributed by atoms with E-state index in [1.807, 2.05) is 50.2 Å². The topological polar surface area (TPSA) is 62.3 Å². The minimum Gasteiger partial charge on any atom is -0.507 e. The SMILES string of the molecule is COc1cc(O)c2c(=O)[nH]c(-c3ccccc3)cc2c1CC=C(C)C. The highest BCUT2D eigenvalue weighted by molar-refractivity contribution is 5.94. The van der Waals surface area contributed by atoms with E-state index in [9.17, 15) is 9.90 Å². The quantitative estimate of drug-likeness (QED) is 0.694. The summed E-state index contributed by atoms with van der Waals surface area (Å²) in [5.41, 5.74) is 3.38. The van der Waals surface area contributed by atoms with Crippen LogP contribution in [0.5, 0.6) is 11.5 Å². The second kappa shape index (κ2) is 6.85. The molecule has 25 heavy (non-hydrogen) atoms. The van der Waals surface area contributed by atoms with Gasteiger partial charge in [-0.3, -0.25) is 4.79 Å². The first-order valence-electron chi connectivity index (χ1n) is 8.16. The highest BCUT2D eigenvalue weighted by atomic mass is 16.5. The van der Waals surface area contributed by atoms with E-state index in [-0.39, 0.29) is 16.7 Å². The highest BCUT2D eigenvalue weighted by Crippen LogP contribution is 2.35. The average Bonchev–Trinajstić information content (AvgIpc) is 2.60. The number of fused-ring (bicyclic) bond motifs is 1. The third kappa shape index (κ3) is 3.29. The summed E-state index contributed by atoms with van der Waals surface area (Å²) in [6.07, 6.45) is 2.71. The molecule has 4 nitrogen and oxygen atoms in total. The summed E-state index contributed by atoms with van der Waals surface area (Å²) in [7, 11) is 1.57. The van der Waals surface area contributed by atoms with Gasteiger partial charge in [0.05, 0.1) is 12.5 Å². The van der Waals surface area contributed by atoms with Gasteiger partial charge in [-0.05, 0) is 31.9 Å². The van der Waals surface area contributed by atoms with Gasteiger partial charge in [0.15, 0.2) is 0 Å². The lowest BCUT2D eigenvalue weighted by molar-refractivity contribution is 0.405. The standard InChI is InChI=1S/C21H21NO3/c1-13(2)9-10-15-16-11-17(14-7-5-4-6-8-14)22-21(24)20(16)18(23)12-19(15)25-3/h4-9,11-12,23H,10H2,1-3H3,(H,22,24). The Hall–Kier alpha value is -3.01. The molecule has 1 aromatic heterocycles. The van der Waals surface area contributed by atoms with Gasteiger partial charge >= 0.3 is 0 Å². The molecule has 0 bridgehead atoms. The number of hydrogen-bond donors (Lipinski definition) is 2. The fourth-order valence-corrected chi connectivity index (χ4v) is 2.94. The van der Waals surface area contributed by atoms with Crippen LogP contribution < -0.4 is 10.3 Å². The van der Waals surface area contributed by atoms with E-state index in [1.54, 1.807) is 7.11 Å². The third-order valence-electron chi connectivity index (χ3n) is 4.20. The number of benzene rings is 2. The number of pyridine rings is 1. The number of aromatic hydroxyl groups is 1. The minimum atomic E-state index is -0.310. The van der Waals surface area contributed by atoms with Gasteiger partial charge in [0.1, 0.15) is 11.5 Å². The number of hydrogen-bond acceptors (Lipinski definition) is 3. The van der Waals surface area contributed by atoms with E-state index < -0.39 is 0 Å². The lowest BCUT2D eigenvalue weighted by Crippen LogP contribution is -2.09. The zero-order valence-electron chi connectivity index (χ0n) is 14.6. The zero-order chi connectivity index (χ0) is 18.0. The Labute approximate surface area is 146 Å². The lowest BCUT2D eigenvalue weighted by atomic mass is 9.98. The van der Waals surface area contributed by atoms with Gasteiger partial charge in [-0.25, -0.2) is 0 Å². The van der Waals surface area contributed by atoms with Crippen LogP contribution in [0.2, 0.25) is 0 Å². The van der Waals surface area contributed by atoms with Crippen molar-refractivity contribution >= 4 is 10.8 Å². The number of ether oxygens (including phenoxy) is 1. The van der Waals surface area contributed by atoms with E-state index in [4.69, 9.17) is 4.74 Å². The number of rotatable bonds is 4. The smallest absolute Gasteiger partial charge is 0.260 e. The molecule has 1 heterocycles.